The first-order chi connectivity index (χ1) is 13.9. The molecule has 0 bridgehead atoms. The molecule has 0 N–H and O–H groups in total. The number of halogens is 2. The van der Waals surface area contributed by atoms with Gasteiger partial charge in [0.2, 0.25) is 5.91 Å². The van der Waals surface area contributed by atoms with Crippen molar-refractivity contribution >= 4 is 17.5 Å². The van der Waals surface area contributed by atoms with Gasteiger partial charge in [-0.2, -0.15) is 0 Å². The van der Waals surface area contributed by atoms with Gasteiger partial charge in [0.05, 0.1) is 0 Å². The zero-order valence-electron chi connectivity index (χ0n) is 15.9. The lowest BCUT2D eigenvalue weighted by atomic mass is 9.88. The first kappa shape index (κ1) is 19.4. The predicted octanol–water partition coefficient (Wildman–Crippen LogP) is 3.83. The first-order valence-corrected chi connectivity index (χ1v) is 9.82. The lowest BCUT2D eigenvalue weighted by Crippen LogP contribution is -2.41. The van der Waals surface area contributed by atoms with Crippen molar-refractivity contribution in [3.05, 3.63) is 70.8 Å². The third kappa shape index (κ3) is 3.97. The number of nitrogens with zero attached hydrogens (tertiary/aromatic N) is 1. The van der Waals surface area contributed by atoms with E-state index in [0.717, 1.165) is 0 Å². The number of hydrogen-bond donors (Lipinski definition) is 0. The fourth-order valence-electron chi connectivity index (χ4n) is 4.30. The van der Waals surface area contributed by atoms with Crippen molar-refractivity contribution in [1.29, 1.82) is 0 Å². The normalized spacial score (nSPS) is 19.3. The average molecular weight is 397 g/mol. The fraction of sp³-hybridized carbons (Fsp3) is 0.348. The summed E-state index contributed by atoms with van der Waals surface area (Å²) in [7, 11) is 0. The Bertz CT molecular complexity index is 963. The van der Waals surface area contributed by atoms with E-state index in [0.29, 0.717) is 49.0 Å². The number of fused-ring (bicyclic) bond motifs is 1. The van der Waals surface area contributed by atoms with Gasteiger partial charge in [-0.1, -0.05) is 0 Å². The van der Waals surface area contributed by atoms with E-state index in [1.807, 2.05) is 0 Å². The molecular formula is C23H21F2NO3. The number of carbonyl (C=O) groups excluding carboxylic acids is 3. The Balaban J connectivity index is 1.32. The van der Waals surface area contributed by atoms with Crippen LogP contribution in [0, 0.1) is 23.5 Å². The molecule has 2 aliphatic rings. The van der Waals surface area contributed by atoms with E-state index in [1.54, 1.807) is 4.90 Å². The highest BCUT2D eigenvalue weighted by atomic mass is 19.1. The van der Waals surface area contributed by atoms with E-state index < -0.39 is 5.92 Å². The lowest BCUT2D eigenvalue weighted by molar-refractivity contribution is -0.133. The summed E-state index contributed by atoms with van der Waals surface area (Å²) in [6.45, 7) is 0.915. The summed E-state index contributed by atoms with van der Waals surface area (Å²) in [6, 6.07) is 9.64. The van der Waals surface area contributed by atoms with Crippen LogP contribution in [0.4, 0.5) is 8.78 Å². The lowest BCUT2D eigenvalue weighted by Gasteiger charge is -2.32. The van der Waals surface area contributed by atoms with Gasteiger partial charge < -0.3 is 4.90 Å². The quantitative estimate of drug-likeness (QED) is 0.737. The second-order valence-corrected chi connectivity index (χ2v) is 7.80. The maximum absolute atomic E-state index is 13.4. The summed E-state index contributed by atoms with van der Waals surface area (Å²) < 4.78 is 26.4. The van der Waals surface area contributed by atoms with Gasteiger partial charge in [0, 0.05) is 42.5 Å². The summed E-state index contributed by atoms with van der Waals surface area (Å²) in [5.41, 5.74) is 1.65. The third-order valence-corrected chi connectivity index (χ3v) is 5.94. The number of piperidine rings is 1. The first-order valence-electron chi connectivity index (χ1n) is 9.82. The van der Waals surface area contributed by atoms with E-state index in [4.69, 9.17) is 0 Å². The molecule has 29 heavy (non-hydrogen) atoms. The molecule has 1 atom stereocenters. The number of Topliss-reactive ketones (excluding diaryl/α,β-unsaturated/α-hetero) is 2. The fourth-order valence-corrected chi connectivity index (χ4v) is 4.30. The molecule has 0 saturated carbocycles. The molecule has 2 aromatic rings. The minimum atomic E-state index is -0.446. The molecule has 1 fully saturated rings. The molecule has 0 radical (unpaired) electrons. The van der Waals surface area contributed by atoms with Crippen molar-refractivity contribution in [2.75, 3.05) is 13.1 Å². The average Bonchev–Trinajstić information content (AvgIpc) is 3.02. The molecule has 150 valence electrons. The number of rotatable bonds is 4. The van der Waals surface area contributed by atoms with Gasteiger partial charge in [-0.25, -0.2) is 8.78 Å². The highest BCUT2D eigenvalue weighted by Gasteiger charge is 2.35. The van der Waals surface area contributed by atoms with Gasteiger partial charge in [-0.3, -0.25) is 14.4 Å². The van der Waals surface area contributed by atoms with Crippen molar-refractivity contribution in [1.82, 2.24) is 4.90 Å². The maximum Gasteiger partial charge on any atom is 0.223 e. The SMILES string of the molecule is O=C(c1ccc(F)cc1)C1CCN(C(=O)CC2Cc3cc(F)ccc3C2=O)CC1. The van der Waals surface area contributed by atoms with Gasteiger partial charge in [0.25, 0.3) is 0 Å². The Morgan fingerprint density at radius 3 is 2.31 bits per heavy atom. The zero-order chi connectivity index (χ0) is 20.5. The van der Waals surface area contributed by atoms with Crippen LogP contribution in [-0.4, -0.2) is 35.5 Å². The summed E-state index contributed by atoms with van der Waals surface area (Å²) in [4.78, 5) is 39.4. The second-order valence-electron chi connectivity index (χ2n) is 7.80. The van der Waals surface area contributed by atoms with E-state index >= 15 is 0 Å². The zero-order valence-corrected chi connectivity index (χ0v) is 15.9. The van der Waals surface area contributed by atoms with Crippen LogP contribution in [0.15, 0.2) is 42.5 Å². The summed E-state index contributed by atoms with van der Waals surface area (Å²) >= 11 is 0. The molecule has 1 unspecified atom stereocenters. The van der Waals surface area contributed by atoms with Crippen LogP contribution >= 0.6 is 0 Å². The Hall–Kier alpha value is -2.89. The van der Waals surface area contributed by atoms with E-state index in [2.05, 4.69) is 0 Å². The van der Waals surface area contributed by atoms with Crippen molar-refractivity contribution in [3.8, 4) is 0 Å². The van der Waals surface area contributed by atoms with E-state index in [9.17, 15) is 23.2 Å². The summed E-state index contributed by atoms with van der Waals surface area (Å²) in [5, 5.41) is 0. The molecule has 1 saturated heterocycles. The van der Waals surface area contributed by atoms with Crippen LogP contribution in [0.25, 0.3) is 0 Å². The van der Waals surface area contributed by atoms with E-state index in [1.165, 1.54) is 42.5 Å². The topological polar surface area (TPSA) is 54.5 Å². The highest BCUT2D eigenvalue weighted by Crippen LogP contribution is 2.31. The predicted molar refractivity (Wildman–Crippen MR) is 103 cm³/mol. The number of carbonyl (C=O) groups is 3. The van der Waals surface area contributed by atoms with Gasteiger partial charge >= 0.3 is 0 Å². The molecule has 6 heteroatoms. The van der Waals surface area contributed by atoms with Crippen LogP contribution in [0.5, 0.6) is 0 Å². The molecule has 1 aliphatic carbocycles. The van der Waals surface area contributed by atoms with Crippen molar-refractivity contribution in [3.63, 3.8) is 0 Å². The van der Waals surface area contributed by atoms with Gasteiger partial charge in [-0.05, 0) is 67.3 Å². The van der Waals surface area contributed by atoms with E-state index in [-0.39, 0.29) is 41.4 Å². The molecular weight excluding hydrogens is 376 g/mol. The number of likely N-dealkylation sites (tertiary alicyclic amines) is 1. The highest BCUT2D eigenvalue weighted by molar-refractivity contribution is 6.04. The summed E-state index contributed by atoms with van der Waals surface area (Å²) in [5.74, 6) is -1.63. The molecule has 1 heterocycles. The van der Waals surface area contributed by atoms with Gasteiger partial charge in [0.1, 0.15) is 11.6 Å². The smallest absolute Gasteiger partial charge is 0.223 e. The van der Waals surface area contributed by atoms with Crippen molar-refractivity contribution < 1.29 is 23.2 Å². The Morgan fingerprint density at radius 2 is 1.62 bits per heavy atom. The Labute approximate surface area is 167 Å². The molecule has 4 nitrogen and oxygen atoms in total. The minimum Gasteiger partial charge on any atom is -0.343 e. The molecule has 2 aromatic carbocycles. The maximum atomic E-state index is 13.4. The molecule has 1 amide bonds. The Morgan fingerprint density at radius 1 is 0.966 bits per heavy atom. The van der Waals surface area contributed by atoms with Crippen LogP contribution in [0.2, 0.25) is 0 Å². The van der Waals surface area contributed by atoms with Crippen molar-refractivity contribution in [2.24, 2.45) is 11.8 Å². The van der Waals surface area contributed by atoms with Crippen LogP contribution in [0.1, 0.15) is 45.5 Å². The van der Waals surface area contributed by atoms with Crippen LogP contribution < -0.4 is 0 Å². The largest absolute Gasteiger partial charge is 0.343 e. The second kappa shape index (κ2) is 7.85. The summed E-state index contributed by atoms with van der Waals surface area (Å²) in [6.07, 6.45) is 1.58. The monoisotopic (exact) mass is 397 g/mol. The van der Waals surface area contributed by atoms with Crippen LogP contribution in [0.3, 0.4) is 0 Å². The standard InChI is InChI=1S/C23H21F2NO3/c24-18-3-1-14(2-4-18)22(28)15-7-9-26(10-8-15)21(27)13-17-11-16-12-19(25)5-6-20(16)23(17)29/h1-6,12,15,17H,7-11,13H2. The third-order valence-electron chi connectivity index (χ3n) is 5.94. The minimum absolute atomic E-state index is 0.0273. The molecule has 1 aliphatic heterocycles. The molecule has 4 rings (SSSR count). The van der Waals surface area contributed by atoms with Crippen molar-refractivity contribution in [2.45, 2.75) is 25.7 Å². The number of hydrogen-bond acceptors (Lipinski definition) is 3. The number of amides is 1. The molecule has 0 spiro atoms. The van der Waals surface area contributed by atoms with Crippen LogP contribution in [-0.2, 0) is 11.2 Å². The number of ketones is 2. The molecule has 0 aromatic heterocycles. The Kier molecular flexibility index (Phi) is 5.26. The van der Waals surface area contributed by atoms with Gasteiger partial charge in [-0.15, -0.1) is 0 Å². The van der Waals surface area contributed by atoms with Gasteiger partial charge in [0.15, 0.2) is 11.6 Å². The number of benzene rings is 2.